The highest BCUT2D eigenvalue weighted by molar-refractivity contribution is 7.15. The number of benzene rings is 1. The second-order valence-corrected chi connectivity index (χ2v) is 6.85. The van der Waals surface area contributed by atoms with Crippen molar-refractivity contribution in [2.45, 2.75) is 33.1 Å². The molecule has 0 atom stereocenters. The molecule has 0 fully saturated rings. The summed E-state index contributed by atoms with van der Waals surface area (Å²) in [6.45, 7) is 8.71. The van der Waals surface area contributed by atoms with E-state index in [0.717, 1.165) is 10.7 Å². The zero-order valence-electron chi connectivity index (χ0n) is 12.2. The number of imidazole rings is 1. The molecule has 0 radical (unpaired) electrons. The van der Waals surface area contributed by atoms with Crippen molar-refractivity contribution in [1.29, 1.82) is 0 Å². The molecule has 0 saturated carbocycles. The first-order chi connectivity index (χ1) is 8.95. The van der Waals surface area contributed by atoms with Crippen molar-refractivity contribution in [2.24, 2.45) is 0 Å². The van der Waals surface area contributed by atoms with Crippen LogP contribution in [0.15, 0.2) is 35.8 Å². The minimum Gasteiger partial charge on any atom is -0.290 e. The molecular weight excluding hydrogens is 288 g/mol. The van der Waals surface area contributed by atoms with Gasteiger partial charge in [0.05, 0.1) is 11.4 Å². The van der Waals surface area contributed by atoms with Crippen LogP contribution in [0.3, 0.4) is 0 Å². The number of aryl methyl sites for hydroxylation is 1. The third-order valence-electron chi connectivity index (χ3n) is 3.32. The highest BCUT2D eigenvalue weighted by atomic mass is 35.5. The molecule has 0 unspecified atom stereocenters. The van der Waals surface area contributed by atoms with Gasteiger partial charge in [-0.2, -0.15) is 0 Å². The fourth-order valence-electron chi connectivity index (χ4n) is 2.08. The van der Waals surface area contributed by atoms with Crippen LogP contribution in [-0.4, -0.2) is 9.38 Å². The second kappa shape index (κ2) is 5.23. The number of nitrogens with zero attached hydrogens (tertiary/aromatic N) is 2. The number of aromatic nitrogens is 2. The average molecular weight is 307 g/mol. The number of halogens is 1. The minimum absolute atomic E-state index is 0. The summed E-state index contributed by atoms with van der Waals surface area (Å²) in [6.07, 6.45) is 2.17. The van der Waals surface area contributed by atoms with Gasteiger partial charge in [0.2, 0.25) is 0 Å². The molecule has 1 aromatic carbocycles. The summed E-state index contributed by atoms with van der Waals surface area (Å²) in [5, 5.41) is 2.18. The van der Waals surface area contributed by atoms with Crippen LogP contribution in [0, 0.1) is 6.92 Å². The summed E-state index contributed by atoms with van der Waals surface area (Å²) in [5.74, 6) is 0. The second-order valence-electron chi connectivity index (χ2n) is 6.02. The summed E-state index contributed by atoms with van der Waals surface area (Å²) in [5.41, 5.74) is 5.00. The van der Waals surface area contributed by atoms with Crippen molar-refractivity contribution in [3.63, 3.8) is 0 Å². The molecule has 3 rings (SSSR count). The smallest absolute Gasteiger partial charge is 0.194 e. The molecule has 0 aliphatic rings. The highest BCUT2D eigenvalue weighted by Gasteiger charge is 2.19. The van der Waals surface area contributed by atoms with Crippen LogP contribution in [0.25, 0.3) is 16.2 Å². The SMILES string of the molecule is Cc1ccc(-c2csc3nc(C(C)(C)C)cn23)cc1.Cl. The number of fused-ring (bicyclic) bond motifs is 1. The van der Waals surface area contributed by atoms with E-state index in [1.54, 1.807) is 11.3 Å². The van der Waals surface area contributed by atoms with E-state index in [-0.39, 0.29) is 17.8 Å². The Hall–Kier alpha value is -1.32. The number of hydrogen-bond donors (Lipinski definition) is 0. The van der Waals surface area contributed by atoms with Crippen LogP contribution >= 0.6 is 23.7 Å². The molecule has 0 aliphatic carbocycles. The van der Waals surface area contributed by atoms with Gasteiger partial charge >= 0.3 is 0 Å². The fourth-order valence-corrected chi connectivity index (χ4v) is 2.96. The first-order valence-corrected chi connectivity index (χ1v) is 7.37. The van der Waals surface area contributed by atoms with E-state index in [1.165, 1.54) is 16.8 Å². The first-order valence-electron chi connectivity index (χ1n) is 6.49. The number of hydrogen-bond acceptors (Lipinski definition) is 2. The van der Waals surface area contributed by atoms with Gasteiger partial charge in [0.15, 0.2) is 4.96 Å². The third kappa shape index (κ3) is 2.60. The molecule has 3 aromatic rings. The summed E-state index contributed by atoms with van der Waals surface area (Å²) < 4.78 is 2.20. The van der Waals surface area contributed by atoms with E-state index < -0.39 is 0 Å². The maximum absolute atomic E-state index is 4.73. The Morgan fingerprint density at radius 3 is 2.35 bits per heavy atom. The van der Waals surface area contributed by atoms with Crippen LogP contribution in [-0.2, 0) is 5.41 Å². The zero-order chi connectivity index (χ0) is 13.6. The summed E-state index contributed by atoms with van der Waals surface area (Å²) in [7, 11) is 0. The van der Waals surface area contributed by atoms with Gasteiger partial charge in [-0.25, -0.2) is 4.98 Å². The van der Waals surface area contributed by atoms with E-state index in [2.05, 4.69) is 67.9 Å². The Labute approximate surface area is 129 Å². The van der Waals surface area contributed by atoms with E-state index >= 15 is 0 Å². The van der Waals surface area contributed by atoms with Crippen molar-refractivity contribution in [1.82, 2.24) is 9.38 Å². The molecule has 2 nitrogen and oxygen atoms in total. The molecule has 4 heteroatoms. The zero-order valence-corrected chi connectivity index (χ0v) is 13.8. The van der Waals surface area contributed by atoms with E-state index in [0.29, 0.717) is 0 Å². The van der Waals surface area contributed by atoms with Crippen LogP contribution in [0.4, 0.5) is 0 Å². The van der Waals surface area contributed by atoms with Gasteiger partial charge in [0, 0.05) is 17.0 Å². The predicted molar refractivity (Wildman–Crippen MR) is 89.2 cm³/mol. The average Bonchev–Trinajstić information content (AvgIpc) is 2.89. The quantitative estimate of drug-likeness (QED) is 0.612. The van der Waals surface area contributed by atoms with Crippen LogP contribution in [0.1, 0.15) is 32.0 Å². The third-order valence-corrected chi connectivity index (χ3v) is 4.16. The van der Waals surface area contributed by atoms with Crippen molar-refractivity contribution in [3.05, 3.63) is 47.1 Å². The Bertz CT molecular complexity index is 717. The fraction of sp³-hybridized carbons (Fsp3) is 0.312. The molecule has 2 aromatic heterocycles. The van der Waals surface area contributed by atoms with Gasteiger partial charge in [-0.05, 0) is 12.5 Å². The first kappa shape index (κ1) is 15.1. The van der Waals surface area contributed by atoms with Crippen LogP contribution in [0.5, 0.6) is 0 Å². The molecule has 0 amide bonds. The molecule has 2 heterocycles. The summed E-state index contributed by atoms with van der Waals surface area (Å²) in [6, 6.07) is 8.65. The van der Waals surface area contributed by atoms with Gasteiger partial charge < -0.3 is 0 Å². The monoisotopic (exact) mass is 306 g/mol. The van der Waals surface area contributed by atoms with E-state index in [1.807, 2.05) is 0 Å². The maximum Gasteiger partial charge on any atom is 0.194 e. The van der Waals surface area contributed by atoms with Crippen LogP contribution < -0.4 is 0 Å². The van der Waals surface area contributed by atoms with Crippen molar-refractivity contribution in [2.75, 3.05) is 0 Å². The largest absolute Gasteiger partial charge is 0.290 e. The summed E-state index contributed by atoms with van der Waals surface area (Å²) >= 11 is 1.70. The Kier molecular flexibility index (Phi) is 3.94. The molecule has 0 N–H and O–H groups in total. The Morgan fingerprint density at radius 1 is 1.10 bits per heavy atom. The highest BCUT2D eigenvalue weighted by Crippen LogP contribution is 2.29. The summed E-state index contributed by atoms with van der Waals surface area (Å²) in [4.78, 5) is 5.80. The molecule has 0 spiro atoms. The lowest BCUT2D eigenvalue weighted by atomic mass is 9.93. The minimum atomic E-state index is 0. The molecule has 106 valence electrons. The lowest BCUT2D eigenvalue weighted by Crippen LogP contribution is -2.11. The molecule has 0 bridgehead atoms. The van der Waals surface area contributed by atoms with E-state index in [4.69, 9.17) is 4.98 Å². The van der Waals surface area contributed by atoms with Crippen molar-refractivity contribution >= 4 is 28.7 Å². The molecule has 20 heavy (non-hydrogen) atoms. The standard InChI is InChI=1S/C16H18N2S.ClH/c1-11-5-7-12(8-6-11)13-10-19-15-17-14(9-18(13)15)16(2,3)4;/h5-10H,1-4H3;1H. The van der Waals surface area contributed by atoms with Gasteiger partial charge in [-0.3, -0.25) is 4.40 Å². The molecule has 0 aliphatic heterocycles. The van der Waals surface area contributed by atoms with E-state index in [9.17, 15) is 0 Å². The van der Waals surface area contributed by atoms with Crippen LogP contribution in [0.2, 0.25) is 0 Å². The van der Waals surface area contributed by atoms with Crippen molar-refractivity contribution in [3.8, 4) is 11.3 Å². The van der Waals surface area contributed by atoms with Gasteiger partial charge in [-0.1, -0.05) is 50.6 Å². The van der Waals surface area contributed by atoms with Gasteiger partial charge in [0.25, 0.3) is 0 Å². The van der Waals surface area contributed by atoms with Gasteiger partial charge in [-0.15, -0.1) is 23.7 Å². The van der Waals surface area contributed by atoms with Crippen molar-refractivity contribution < 1.29 is 0 Å². The number of rotatable bonds is 1. The van der Waals surface area contributed by atoms with Gasteiger partial charge in [0.1, 0.15) is 0 Å². The Morgan fingerprint density at radius 2 is 1.75 bits per heavy atom. The maximum atomic E-state index is 4.73. The molecular formula is C16H19ClN2S. The molecule has 0 saturated heterocycles. The topological polar surface area (TPSA) is 17.3 Å². The lowest BCUT2D eigenvalue weighted by molar-refractivity contribution is 0.573. The normalized spacial score (nSPS) is 11.6. The lowest BCUT2D eigenvalue weighted by Gasteiger charge is -2.13. The Balaban J connectivity index is 0.00000147. The number of thiazole rings is 1. The predicted octanol–water partition coefficient (Wildman–Crippen LogP) is 5.09.